The van der Waals surface area contributed by atoms with Gasteiger partial charge in [0.15, 0.2) is 0 Å². The third-order valence-corrected chi connectivity index (χ3v) is 3.52. The summed E-state index contributed by atoms with van der Waals surface area (Å²) in [5.74, 6) is -1.36. The summed E-state index contributed by atoms with van der Waals surface area (Å²) in [6, 6.07) is 5.19. The largest absolute Gasteiger partial charge is 0.481 e. The summed E-state index contributed by atoms with van der Waals surface area (Å²) in [6.07, 6.45) is -3.99. The Morgan fingerprint density at radius 2 is 2.05 bits per heavy atom. The fraction of sp³-hybridized carbons (Fsp3) is 0.308. The van der Waals surface area contributed by atoms with Crippen LogP contribution in [0.1, 0.15) is 11.3 Å². The van der Waals surface area contributed by atoms with Crippen LogP contribution >= 0.6 is 0 Å². The molecular weight excluding hydrogens is 259 g/mol. The minimum atomic E-state index is -4.36. The molecule has 0 spiro atoms. The Morgan fingerprint density at radius 3 is 2.68 bits per heavy atom. The molecule has 1 aromatic heterocycles. The van der Waals surface area contributed by atoms with Gasteiger partial charge in [-0.15, -0.1) is 0 Å². The smallest absolute Gasteiger partial charge is 0.416 e. The molecule has 3 rings (SSSR count). The zero-order valence-electron chi connectivity index (χ0n) is 9.74. The van der Waals surface area contributed by atoms with Crippen LogP contribution in [-0.4, -0.2) is 15.6 Å². The Bertz CT molecular complexity index is 672. The predicted octanol–water partition coefficient (Wildman–Crippen LogP) is 2.92. The number of aromatic nitrogens is 1. The highest BCUT2D eigenvalue weighted by atomic mass is 19.4. The van der Waals surface area contributed by atoms with E-state index < -0.39 is 23.6 Å². The minimum absolute atomic E-state index is 0.319. The highest BCUT2D eigenvalue weighted by molar-refractivity contribution is 5.83. The summed E-state index contributed by atoms with van der Waals surface area (Å²) in [4.78, 5) is 10.9. The van der Waals surface area contributed by atoms with E-state index in [1.807, 2.05) is 0 Å². The van der Waals surface area contributed by atoms with Gasteiger partial charge in [0.2, 0.25) is 0 Å². The molecule has 0 bridgehead atoms. The Kier molecular flexibility index (Phi) is 2.39. The zero-order valence-corrected chi connectivity index (χ0v) is 9.74. The van der Waals surface area contributed by atoms with Gasteiger partial charge >= 0.3 is 12.1 Å². The van der Waals surface area contributed by atoms with Crippen molar-refractivity contribution in [3.63, 3.8) is 0 Å². The molecule has 1 aliphatic heterocycles. The fourth-order valence-electron chi connectivity index (χ4n) is 2.59. The molecule has 0 aliphatic carbocycles. The molecule has 1 aromatic carbocycles. The van der Waals surface area contributed by atoms with E-state index in [9.17, 15) is 18.0 Å². The highest BCUT2D eigenvalue weighted by Gasteiger charge is 2.32. The molecule has 6 heteroatoms. The molecular formula is C13H10F3NO2. The summed E-state index contributed by atoms with van der Waals surface area (Å²) in [5.41, 5.74) is 0.757. The summed E-state index contributed by atoms with van der Waals surface area (Å²) in [6.45, 7) is 0.319. The van der Waals surface area contributed by atoms with E-state index in [1.54, 1.807) is 10.6 Å². The van der Waals surface area contributed by atoms with Crippen molar-refractivity contribution in [1.29, 1.82) is 0 Å². The van der Waals surface area contributed by atoms with E-state index in [-0.39, 0.29) is 0 Å². The molecule has 2 heterocycles. The van der Waals surface area contributed by atoms with Crippen LogP contribution in [0.25, 0.3) is 10.9 Å². The molecule has 1 unspecified atom stereocenters. The molecule has 2 aromatic rings. The van der Waals surface area contributed by atoms with Gasteiger partial charge in [-0.05, 0) is 24.3 Å². The maximum absolute atomic E-state index is 12.6. The first kappa shape index (κ1) is 12.1. The normalized spacial score (nSPS) is 18.8. The van der Waals surface area contributed by atoms with Crippen molar-refractivity contribution in [2.75, 3.05) is 0 Å². The quantitative estimate of drug-likeness (QED) is 0.864. The number of fused-ring (bicyclic) bond motifs is 3. The number of halogens is 3. The van der Waals surface area contributed by atoms with Gasteiger partial charge in [0.1, 0.15) is 0 Å². The predicted molar refractivity (Wildman–Crippen MR) is 61.8 cm³/mol. The van der Waals surface area contributed by atoms with Crippen LogP contribution in [-0.2, 0) is 23.9 Å². The zero-order chi connectivity index (χ0) is 13.8. The third kappa shape index (κ3) is 1.87. The summed E-state index contributed by atoms with van der Waals surface area (Å²) < 4.78 is 39.6. The molecule has 0 saturated carbocycles. The first-order valence-corrected chi connectivity index (χ1v) is 5.78. The highest BCUT2D eigenvalue weighted by Crippen LogP contribution is 2.34. The molecule has 1 atom stereocenters. The van der Waals surface area contributed by atoms with E-state index in [0.717, 1.165) is 17.8 Å². The summed E-state index contributed by atoms with van der Waals surface area (Å²) >= 11 is 0. The Morgan fingerprint density at radius 1 is 1.32 bits per heavy atom. The molecule has 19 heavy (non-hydrogen) atoms. The lowest BCUT2D eigenvalue weighted by Crippen LogP contribution is -2.14. The van der Waals surface area contributed by atoms with Gasteiger partial charge < -0.3 is 9.67 Å². The second kappa shape index (κ2) is 3.76. The maximum Gasteiger partial charge on any atom is 0.416 e. The van der Waals surface area contributed by atoms with Gasteiger partial charge in [-0.25, -0.2) is 0 Å². The van der Waals surface area contributed by atoms with Gasteiger partial charge in [-0.3, -0.25) is 4.79 Å². The van der Waals surface area contributed by atoms with Gasteiger partial charge in [0.05, 0.1) is 11.5 Å². The molecule has 0 radical (unpaired) electrons. The second-order valence-electron chi connectivity index (χ2n) is 4.76. The lowest BCUT2D eigenvalue weighted by atomic mass is 10.1. The maximum atomic E-state index is 12.6. The molecule has 3 nitrogen and oxygen atoms in total. The van der Waals surface area contributed by atoms with Gasteiger partial charge in [0.25, 0.3) is 0 Å². The molecule has 1 N–H and O–H groups in total. The van der Waals surface area contributed by atoms with Crippen LogP contribution in [0.15, 0.2) is 24.3 Å². The van der Waals surface area contributed by atoms with E-state index in [1.165, 1.54) is 6.07 Å². The Hall–Kier alpha value is -1.98. The Labute approximate surface area is 106 Å². The van der Waals surface area contributed by atoms with Gasteiger partial charge in [-0.2, -0.15) is 13.2 Å². The number of hydrogen-bond donors (Lipinski definition) is 1. The number of carboxylic acids is 1. The van der Waals surface area contributed by atoms with E-state index in [0.29, 0.717) is 23.9 Å². The van der Waals surface area contributed by atoms with Crippen molar-refractivity contribution in [2.45, 2.75) is 19.1 Å². The molecule has 0 amide bonds. The van der Waals surface area contributed by atoms with Crippen molar-refractivity contribution in [3.05, 3.63) is 35.5 Å². The topological polar surface area (TPSA) is 42.2 Å². The second-order valence-corrected chi connectivity index (χ2v) is 4.76. The van der Waals surface area contributed by atoms with Crippen LogP contribution in [0.3, 0.4) is 0 Å². The van der Waals surface area contributed by atoms with Crippen molar-refractivity contribution >= 4 is 16.9 Å². The van der Waals surface area contributed by atoms with Crippen molar-refractivity contribution in [1.82, 2.24) is 4.57 Å². The van der Waals surface area contributed by atoms with Crippen LogP contribution in [0.4, 0.5) is 13.2 Å². The van der Waals surface area contributed by atoms with Crippen LogP contribution < -0.4 is 0 Å². The third-order valence-electron chi connectivity index (χ3n) is 3.52. The lowest BCUT2D eigenvalue weighted by molar-refractivity contribution is -0.141. The van der Waals surface area contributed by atoms with Crippen LogP contribution in [0, 0.1) is 5.92 Å². The SMILES string of the molecule is O=C(O)C1Cc2cc3cc(C(F)(F)F)ccc3n2C1. The number of alkyl halides is 3. The Balaban J connectivity index is 2.06. The number of aliphatic carboxylic acids is 1. The monoisotopic (exact) mass is 269 g/mol. The summed E-state index contributed by atoms with van der Waals surface area (Å²) in [7, 11) is 0. The molecule has 100 valence electrons. The van der Waals surface area contributed by atoms with Crippen molar-refractivity contribution in [2.24, 2.45) is 5.92 Å². The van der Waals surface area contributed by atoms with E-state index >= 15 is 0 Å². The van der Waals surface area contributed by atoms with Crippen molar-refractivity contribution in [3.8, 4) is 0 Å². The number of hydrogen-bond acceptors (Lipinski definition) is 1. The molecule has 1 aliphatic rings. The number of carboxylic acid groups (broad SMARTS) is 1. The number of carbonyl (C=O) groups is 1. The van der Waals surface area contributed by atoms with E-state index in [4.69, 9.17) is 5.11 Å². The fourth-order valence-corrected chi connectivity index (χ4v) is 2.59. The summed E-state index contributed by atoms with van der Waals surface area (Å²) in [5, 5.41) is 9.47. The minimum Gasteiger partial charge on any atom is -0.481 e. The van der Waals surface area contributed by atoms with Crippen LogP contribution in [0.2, 0.25) is 0 Å². The first-order chi connectivity index (χ1) is 8.86. The molecule has 0 saturated heterocycles. The standard InChI is InChI=1S/C13H10F3NO2/c14-13(15,16)9-1-2-11-7(3-9)4-10-5-8(12(18)19)6-17(10)11/h1-4,8H,5-6H2,(H,18,19). The van der Waals surface area contributed by atoms with Gasteiger partial charge in [-0.1, -0.05) is 0 Å². The average molecular weight is 269 g/mol. The molecule has 0 fully saturated rings. The number of benzene rings is 1. The average Bonchev–Trinajstić information content (AvgIpc) is 2.83. The first-order valence-electron chi connectivity index (χ1n) is 5.78. The number of rotatable bonds is 1. The van der Waals surface area contributed by atoms with Crippen molar-refractivity contribution < 1.29 is 23.1 Å². The van der Waals surface area contributed by atoms with E-state index in [2.05, 4.69) is 0 Å². The lowest BCUT2D eigenvalue weighted by Gasteiger charge is -2.08. The van der Waals surface area contributed by atoms with Crippen LogP contribution in [0.5, 0.6) is 0 Å². The van der Waals surface area contributed by atoms with Gasteiger partial charge in [0, 0.05) is 29.6 Å². The number of nitrogens with zero attached hydrogens (tertiary/aromatic N) is 1.